The number of carbonyl (C=O) groups is 2. The number of fused-ring (bicyclic) bond motifs is 1. The highest BCUT2D eigenvalue weighted by atomic mass is 16.5. The van der Waals surface area contributed by atoms with Crippen LogP contribution >= 0.6 is 0 Å². The van der Waals surface area contributed by atoms with Gasteiger partial charge >= 0.3 is 0 Å². The molecule has 0 radical (unpaired) electrons. The Balaban J connectivity index is 2.04. The lowest BCUT2D eigenvalue weighted by Gasteiger charge is -2.18. The van der Waals surface area contributed by atoms with Gasteiger partial charge in [-0.3, -0.25) is 9.59 Å². The van der Waals surface area contributed by atoms with Gasteiger partial charge in [-0.1, -0.05) is 0 Å². The number of benzene rings is 1. The molecule has 1 aromatic carbocycles. The van der Waals surface area contributed by atoms with Crippen LogP contribution in [-0.4, -0.2) is 25.0 Å². The fourth-order valence-electron chi connectivity index (χ4n) is 1.65. The van der Waals surface area contributed by atoms with Gasteiger partial charge < -0.3 is 21.1 Å². The molecule has 2 rings (SSSR count). The van der Waals surface area contributed by atoms with Crippen LogP contribution in [-0.2, 0) is 9.59 Å². The molecule has 96 valence electrons. The second-order valence-corrected chi connectivity index (χ2v) is 3.99. The lowest BCUT2D eigenvalue weighted by atomic mass is 10.2. The third kappa shape index (κ3) is 2.98. The highest BCUT2D eigenvalue weighted by Gasteiger charge is 2.16. The average Bonchev–Trinajstić information content (AvgIpc) is 2.36. The minimum Gasteiger partial charge on any atom is -0.482 e. The molecule has 0 bridgehead atoms. The average molecular weight is 249 g/mol. The Labute approximate surface area is 104 Å². The molecule has 0 unspecified atom stereocenters. The summed E-state index contributed by atoms with van der Waals surface area (Å²) in [6, 6.07) is 5.12. The van der Waals surface area contributed by atoms with Gasteiger partial charge in [-0.25, -0.2) is 0 Å². The van der Waals surface area contributed by atoms with Gasteiger partial charge in [-0.15, -0.1) is 0 Å². The summed E-state index contributed by atoms with van der Waals surface area (Å²) in [5.41, 5.74) is 6.53. The molecule has 18 heavy (non-hydrogen) atoms. The number of hydrogen-bond acceptors (Lipinski definition) is 4. The van der Waals surface area contributed by atoms with E-state index in [1.807, 2.05) is 0 Å². The summed E-state index contributed by atoms with van der Waals surface area (Å²) in [4.78, 5) is 22.7. The lowest BCUT2D eigenvalue weighted by Crippen LogP contribution is -2.25. The van der Waals surface area contributed by atoms with Gasteiger partial charge in [0.2, 0.25) is 5.91 Å². The van der Waals surface area contributed by atoms with Gasteiger partial charge in [0.25, 0.3) is 5.91 Å². The van der Waals surface area contributed by atoms with Crippen molar-refractivity contribution in [2.75, 3.05) is 23.8 Å². The molecule has 6 nitrogen and oxygen atoms in total. The Morgan fingerprint density at radius 3 is 3.11 bits per heavy atom. The van der Waals surface area contributed by atoms with Crippen molar-refractivity contribution >= 4 is 23.2 Å². The molecule has 1 aliphatic heterocycles. The molecule has 1 heterocycles. The van der Waals surface area contributed by atoms with Crippen LogP contribution in [0.3, 0.4) is 0 Å². The summed E-state index contributed by atoms with van der Waals surface area (Å²) in [7, 11) is 0. The zero-order valence-electron chi connectivity index (χ0n) is 9.86. The van der Waals surface area contributed by atoms with Crippen molar-refractivity contribution in [1.82, 2.24) is 0 Å². The Morgan fingerprint density at radius 2 is 2.33 bits per heavy atom. The van der Waals surface area contributed by atoms with E-state index in [9.17, 15) is 9.59 Å². The van der Waals surface area contributed by atoms with Crippen LogP contribution in [0.4, 0.5) is 11.4 Å². The predicted molar refractivity (Wildman–Crippen MR) is 67.5 cm³/mol. The Kier molecular flexibility index (Phi) is 3.78. The molecule has 0 spiro atoms. The normalized spacial score (nSPS) is 13.3. The molecular formula is C12H15N3O3. The van der Waals surface area contributed by atoms with E-state index in [1.54, 1.807) is 18.2 Å². The monoisotopic (exact) mass is 249 g/mol. The first kappa shape index (κ1) is 12.4. The van der Waals surface area contributed by atoms with E-state index in [0.717, 1.165) is 0 Å². The molecule has 0 atom stereocenters. The van der Waals surface area contributed by atoms with Gasteiger partial charge in [0.15, 0.2) is 6.61 Å². The van der Waals surface area contributed by atoms with Crippen molar-refractivity contribution < 1.29 is 14.3 Å². The Bertz CT molecular complexity index is 474. The number of nitrogens with one attached hydrogen (secondary N) is 2. The molecule has 0 aromatic heterocycles. The fourth-order valence-corrected chi connectivity index (χ4v) is 1.65. The van der Waals surface area contributed by atoms with Gasteiger partial charge in [0.1, 0.15) is 5.75 Å². The van der Waals surface area contributed by atoms with E-state index >= 15 is 0 Å². The van der Waals surface area contributed by atoms with Crippen LogP contribution in [0.2, 0.25) is 0 Å². The summed E-state index contributed by atoms with van der Waals surface area (Å²) in [6.45, 7) is 0.511. The number of anilines is 2. The number of amides is 2. The summed E-state index contributed by atoms with van der Waals surface area (Å²) in [6.07, 6.45) is 1.03. The smallest absolute Gasteiger partial charge is 0.262 e. The molecule has 4 N–H and O–H groups in total. The van der Waals surface area contributed by atoms with E-state index in [-0.39, 0.29) is 18.4 Å². The van der Waals surface area contributed by atoms with E-state index < -0.39 is 0 Å². The first-order valence-corrected chi connectivity index (χ1v) is 5.75. The minimum atomic E-state index is -0.200. The molecule has 0 aliphatic carbocycles. The zero-order chi connectivity index (χ0) is 13.0. The lowest BCUT2D eigenvalue weighted by molar-refractivity contribution is -0.118. The second kappa shape index (κ2) is 5.50. The quantitative estimate of drug-likeness (QED) is 0.732. The number of hydrogen-bond donors (Lipinski definition) is 3. The van der Waals surface area contributed by atoms with Gasteiger partial charge in [0, 0.05) is 12.1 Å². The standard InChI is InChI=1S/C12H15N3O3/c13-5-1-2-11(16)14-8-3-4-10-9(6-8)15-12(17)7-18-10/h3-4,6H,1-2,5,7,13H2,(H,14,16)(H,15,17). The van der Waals surface area contributed by atoms with Crippen LogP contribution in [0.1, 0.15) is 12.8 Å². The van der Waals surface area contributed by atoms with E-state index in [0.29, 0.717) is 36.5 Å². The fraction of sp³-hybridized carbons (Fsp3) is 0.333. The third-order valence-corrected chi connectivity index (χ3v) is 2.50. The first-order chi connectivity index (χ1) is 8.69. The number of carbonyl (C=O) groups excluding carboxylic acids is 2. The molecule has 1 aliphatic rings. The molecule has 1 aromatic rings. The SMILES string of the molecule is NCCCC(=O)Nc1ccc2c(c1)NC(=O)CO2. The van der Waals surface area contributed by atoms with Crippen LogP contribution < -0.4 is 21.1 Å². The first-order valence-electron chi connectivity index (χ1n) is 5.75. The zero-order valence-corrected chi connectivity index (χ0v) is 9.86. The minimum absolute atomic E-state index is 0.0230. The third-order valence-electron chi connectivity index (χ3n) is 2.50. The summed E-state index contributed by atoms with van der Waals surface area (Å²) >= 11 is 0. The van der Waals surface area contributed by atoms with Crippen molar-refractivity contribution in [3.05, 3.63) is 18.2 Å². The molecular weight excluding hydrogens is 234 g/mol. The van der Waals surface area contributed by atoms with Gasteiger partial charge in [-0.05, 0) is 31.2 Å². The molecule has 6 heteroatoms. The van der Waals surface area contributed by atoms with Crippen molar-refractivity contribution in [1.29, 1.82) is 0 Å². The van der Waals surface area contributed by atoms with E-state index in [1.165, 1.54) is 0 Å². The Morgan fingerprint density at radius 1 is 1.50 bits per heavy atom. The van der Waals surface area contributed by atoms with Gasteiger partial charge in [0.05, 0.1) is 5.69 Å². The maximum absolute atomic E-state index is 11.5. The van der Waals surface area contributed by atoms with Crippen molar-refractivity contribution in [3.8, 4) is 5.75 Å². The van der Waals surface area contributed by atoms with Crippen LogP contribution in [0, 0.1) is 0 Å². The van der Waals surface area contributed by atoms with Gasteiger partial charge in [-0.2, -0.15) is 0 Å². The number of ether oxygens (including phenoxy) is 1. The van der Waals surface area contributed by atoms with Crippen LogP contribution in [0.15, 0.2) is 18.2 Å². The van der Waals surface area contributed by atoms with E-state index in [4.69, 9.17) is 10.5 Å². The number of rotatable bonds is 4. The van der Waals surface area contributed by atoms with E-state index in [2.05, 4.69) is 10.6 Å². The predicted octanol–water partition coefficient (Wildman–Crippen LogP) is 0.695. The van der Waals surface area contributed by atoms with Crippen molar-refractivity contribution in [3.63, 3.8) is 0 Å². The highest BCUT2D eigenvalue weighted by molar-refractivity contribution is 5.97. The maximum atomic E-state index is 11.5. The van der Waals surface area contributed by atoms with Crippen LogP contribution in [0.5, 0.6) is 5.75 Å². The highest BCUT2D eigenvalue weighted by Crippen LogP contribution is 2.30. The Hall–Kier alpha value is -2.08. The van der Waals surface area contributed by atoms with Crippen molar-refractivity contribution in [2.24, 2.45) is 5.73 Å². The topological polar surface area (TPSA) is 93.5 Å². The molecule has 0 saturated carbocycles. The maximum Gasteiger partial charge on any atom is 0.262 e. The van der Waals surface area contributed by atoms with Crippen molar-refractivity contribution in [2.45, 2.75) is 12.8 Å². The summed E-state index contributed by atoms with van der Waals surface area (Å²) in [5, 5.41) is 5.42. The second-order valence-electron chi connectivity index (χ2n) is 3.99. The number of nitrogens with two attached hydrogens (primary N) is 1. The van der Waals surface area contributed by atoms with Crippen LogP contribution in [0.25, 0.3) is 0 Å². The molecule has 0 fully saturated rings. The largest absolute Gasteiger partial charge is 0.482 e. The molecule has 2 amide bonds. The molecule has 0 saturated heterocycles. The summed E-state index contributed by atoms with van der Waals surface area (Å²) < 4.78 is 5.22. The summed E-state index contributed by atoms with van der Waals surface area (Å²) in [5.74, 6) is 0.312.